The summed E-state index contributed by atoms with van der Waals surface area (Å²) in [5.74, 6) is 0.410. The van der Waals surface area contributed by atoms with Crippen molar-refractivity contribution in [1.29, 1.82) is 0 Å². The van der Waals surface area contributed by atoms with E-state index in [2.05, 4.69) is 21.5 Å². The molecule has 0 aliphatic rings. The van der Waals surface area contributed by atoms with E-state index >= 15 is 0 Å². The largest absolute Gasteiger partial charge is 0.382 e. The molecule has 2 aromatic heterocycles. The monoisotopic (exact) mass is 175 g/mol. The maximum Gasteiger partial charge on any atom is 0.165 e. The highest BCUT2D eigenvalue weighted by atomic mass is 15.1. The molecule has 0 aliphatic carbocycles. The summed E-state index contributed by atoms with van der Waals surface area (Å²) in [7, 11) is 0. The van der Waals surface area contributed by atoms with Gasteiger partial charge in [0.15, 0.2) is 11.5 Å². The first-order valence-electron chi connectivity index (χ1n) is 3.85. The van der Waals surface area contributed by atoms with E-state index in [9.17, 15) is 0 Å². The minimum absolute atomic E-state index is 0.410. The Balaban J connectivity index is 2.67. The molecule has 2 heterocycles. The molecular weight excluding hydrogens is 166 g/mol. The van der Waals surface area contributed by atoms with Crippen molar-refractivity contribution < 1.29 is 0 Å². The summed E-state index contributed by atoms with van der Waals surface area (Å²) >= 11 is 0. The molecule has 0 fully saturated rings. The molecule has 5 heteroatoms. The van der Waals surface area contributed by atoms with Crippen molar-refractivity contribution >= 4 is 17.0 Å². The van der Waals surface area contributed by atoms with Crippen LogP contribution in [0.1, 0.15) is 0 Å². The van der Waals surface area contributed by atoms with Crippen molar-refractivity contribution in [1.82, 2.24) is 19.5 Å². The van der Waals surface area contributed by atoms with E-state index in [1.165, 1.54) is 6.33 Å². The molecule has 2 N–H and O–H groups in total. The van der Waals surface area contributed by atoms with Crippen LogP contribution in [-0.2, 0) is 6.54 Å². The first-order chi connectivity index (χ1) is 6.33. The first-order valence-corrected chi connectivity index (χ1v) is 3.85. The van der Waals surface area contributed by atoms with Gasteiger partial charge in [0.25, 0.3) is 0 Å². The van der Waals surface area contributed by atoms with E-state index in [1.807, 2.05) is 4.57 Å². The number of allylic oxidation sites excluding steroid dienone is 1. The average Bonchev–Trinajstić information content (AvgIpc) is 2.51. The van der Waals surface area contributed by atoms with Crippen molar-refractivity contribution in [2.24, 2.45) is 0 Å². The zero-order valence-corrected chi connectivity index (χ0v) is 7.01. The molecule has 2 rings (SSSR count). The predicted octanol–water partition coefficient (Wildman–Crippen LogP) is 0.595. The Bertz CT molecular complexity index is 445. The van der Waals surface area contributed by atoms with Crippen molar-refractivity contribution in [2.75, 3.05) is 5.73 Å². The van der Waals surface area contributed by atoms with Gasteiger partial charge in [0.05, 0.1) is 6.33 Å². The van der Waals surface area contributed by atoms with Gasteiger partial charge in [-0.1, -0.05) is 6.08 Å². The third-order valence-corrected chi connectivity index (χ3v) is 1.76. The Labute approximate surface area is 74.9 Å². The van der Waals surface area contributed by atoms with E-state index in [1.54, 1.807) is 12.4 Å². The highest BCUT2D eigenvalue weighted by Crippen LogP contribution is 2.13. The molecule has 0 saturated heterocycles. The first kappa shape index (κ1) is 7.72. The number of imidazole rings is 1. The van der Waals surface area contributed by atoms with E-state index in [4.69, 9.17) is 5.73 Å². The maximum absolute atomic E-state index is 5.61. The third-order valence-electron chi connectivity index (χ3n) is 1.76. The van der Waals surface area contributed by atoms with E-state index in [0.717, 1.165) is 5.65 Å². The van der Waals surface area contributed by atoms with Crippen molar-refractivity contribution in [3.63, 3.8) is 0 Å². The molecule has 66 valence electrons. The van der Waals surface area contributed by atoms with Gasteiger partial charge in [-0.15, -0.1) is 6.58 Å². The minimum Gasteiger partial charge on any atom is -0.382 e. The molecule has 0 aromatic carbocycles. The van der Waals surface area contributed by atoms with Crippen molar-refractivity contribution in [2.45, 2.75) is 6.54 Å². The molecule has 0 unspecified atom stereocenters. The van der Waals surface area contributed by atoms with Gasteiger partial charge in [-0.25, -0.2) is 15.0 Å². The molecule has 5 nitrogen and oxygen atoms in total. The van der Waals surface area contributed by atoms with Crippen LogP contribution < -0.4 is 5.73 Å². The van der Waals surface area contributed by atoms with Crippen LogP contribution in [0.2, 0.25) is 0 Å². The van der Waals surface area contributed by atoms with Gasteiger partial charge in [0, 0.05) is 6.54 Å². The number of hydrogen-bond acceptors (Lipinski definition) is 4. The quantitative estimate of drug-likeness (QED) is 0.678. The number of nitrogen functional groups attached to an aromatic ring is 1. The second-order valence-electron chi connectivity index (χ2n) is 2.62. The summed E-state index contributed by atoms with van der Waals surface area (Å²) in [5.41, 5.74) is 7.00. The lowest BCUT2D eigenvalue weighted by Gasteiger charge is -1.97. The van der Waals surface area contributed by atoms with Crippen LogP contribution in [0.4, 0.5) is 5.82 Å². The Morgan fingerprint density at radius 1 is 1.46 bits per heavy atom. The fraction of sp³-hybridized carbons (Fsp3) is 0.125. The SMILES string of the molecule is C=CCn1cnc2c(N)ncnc21. The zero-order chi connectivity index (χ0) is 9.26. The van der Waals surface area contributed by atoms with Crippen molar-refractivity contribution in [3.8, 4) is 0 Å². The summed E-state index contributed by atoms with van der Waals surface area (Å²) in [6.45, 7) is 4.32. The molecule has 0 spiro atoms. The van der Waals surface area contributed by atoms with Crippen LogP contribution in [0.25, 0.3) is 11.2 Å². The molecular formula is C8H9N5. The Kier molecular flexibility index (Phi) is 1.70. The van der Waals surface area contributed by atoms with Crippen LogP contribution in [0, 0.1) is 0 Å². The van der Waals surface area contributed by atoms with E-state index in [-0.39, 0.29) is 0 Å². The van der Waals surface area contributed by atoms with Gasteiger partial charge in [-0.3, -0.25) is 0 Å². The molecule has 0 amide bonds. The second-order valence-corrected chi connectivity index (χ2v) is 2.62. The molecule has 0 saturated carbocycles. The number of aromatic nitrogens is 4. The molecule has 13 heavy (non-hydrogen) atoms. The van der Waals surface area contributed by atoms with Crippen LogP contribution in [-0.4, -0.2) is 19.5 Å². The van der Waals surface area contributed by atoms with Crippen LogP contribution in [0.5, 0.6) is 0 Å². The highest BCUT2D eigenvalue weighted by Gasteiger charge is 2.05. The number of nitrogens with zero attached hydrogens (tertiary/aromatic N) is 4. The lowest BCUT2D eigenvalue weighted by atomic mass is 10.5. The molecule has 0 aliphatic heterocycles. The van der Waals surface area contributed by atoms with E-state index < -0.39 is 0 Å². The summed E-state index contributed by atoms with van der Waals surface area (Å²) in [6, 6.07) is 0. The van der Waals surface area contributed by atoms with Crippen LogP contribution in [0.3, 0.4) is 0 Å². The van der Waals surface area contributed by atoms with Crippen LogP contribution >= 0.6 is 0 Å². The van der Waals surface area contributed by atoms with Crippen molar-refractivity contribution in [3.05, 3.63) is 25.3 Å². The zero-order valence-electron chi connectivity index (χ0n) is 7.01. The van der Waals surface area contributed by atoms with Gasteiger partial charge >= 0.3 is 0 Å². The Morgan fingerprint density at radius 2 is 2.31 bits per heavy atom. The number of nitrogens with two attached hydrogens (primary N) is 1. The van der Waals surface area contributed by atoms with Gasteiger partial charge in [0.1, 0.15) is 11.8 Å². The molecule has 0 bridgehead atoms. The number of hydrogen-bond donors (Lipinski definition) is 1. The Hall–Kier alpha value is -1.91. The summed E-state index contributed by atoms with van der Waals surface area (Å²) in [6.07, 6.45) is 4.88. The molecule has 0 radical (unpaired) electrons. The topological polar surface area (TPSA) is 69.6 Å². The van der Waals surface area contributed by atoms with Gasteiger partial charge in [-0.2, -0.15) is 0 Å². The van der Waals surface area contributed by atoms with Gasteiger partial charge in [-0.05, 0) is 0 Å². The highest BCUT2D eigenvalue weighted by molar-refractivity contribution is 5.81. The number of fused-ring (bicyclic) bond motifs is 1. The smallest absolute Gasteiger partial charge is 0.165 e. The third kappa shape index (κ3) is 1.14. The summed E-state index contributed by atoms with van der Waals surface area (Å²) < 4.78 is 1.86. The number of rotatable bonds is 2. The van der Waals surface area contributed by atoms with Gasteiger partial charge in [0.2, 0.25) is 0 Å². The summed E-state index contributed by atoms with van der Waals surface area (Å²) in [4.78, 5) is 12.0. The predicted molar refractivity (Wildman–Crippen MR) is 49.9 cm³/mol. The fourth-order valence-electron chi connectivity index (χ4n) is 1.17. The summed E-state index contributed by atoms with van der Waals surface area (Å²) in [5, 5.41) is 0. The molecule has 0 atom stereocenters. The lowest BCUT2D eigenvalue weighted by Crippen LogP contribution is -1.97. The maximum atomic E-state index is 5.61. The van der Waals surface area contributed by atoms with Gasteiger partial charge < -0.3 is 10.3 Å². The molecule has 2 aromatic rings. The van der Waals surface area contributed by atoms with E-state index in [0.29, 0.717) is 17.9 Å². The Morgan fingerprint density at radius 3 is 3.08 bits per heavy atom. The average molecular weight is 175 g/mol. The normalized spacial score (nSPS) is 10.5. The van der Waals surface area contributed by atoms with Crippen LogP contribution in [0.15, 0.2) is 25.3 Å². The fourth-order valence-corrected chi connectivity index (χ4v) is 1.17. The second kappa shape index (κ2) is 2.85. The number of anilines is 1. The standard InChI is InChI=1S/C8H9N5/c1-2-3-13-5-12-6-7(9)10-4-11-8(6)13/h2,4-5H,1,3H2,(H2,9,10,11). The minimum atomic E-state index is 0.410. The lowest BCUT2D eigenvalue weighted by molar-refractivity contribution is 0.838.